The second kappa shape index (κ2) is 6.78. The maximum absolute atomic E-state index is 12.2. The SMILES string of the molecule is COC(OC)C1CN(c2ccc(N3CCC(=O)N(C)C3=O)cc2)C1. The van der Waals surface area contributed by atoms with Gasteiger partial charge in [0.15, 0.2) is 6.29 Å². The number of rotatable bonds is 5. The van der Waals surface area contributed by atoms with Crippen molar-refractivity contribution >= 4 is 23.3 Å². The number of carbonyl (C=O) groups is 2. The van der Waals surface area contributed by atoms with Gasteiger partial charge in [0.25, 0.3) is 0 Å². The van der Waals surface area contributed by atoms with Crippen molar-refractivity contribution in [1.82, 2.24) is 4.90 Å². The average molecular weight is 333 g/mol. The Labute approximate surface area is 141 Å². The fourth-order valence-corrected chi connectivity index (χ4v) is 3.22. The molecule has 1 aromatic carbocycles. The zero-order chi connectivity index (χ0) is 17.3. The standard InChI is InChI=1S/C17H23N3O4/c1-18-15(21)8-9-20(17(18)22)14-6-4-13(5-7-14)19-10-12(11-19)16(23-2)24-3/h4-7,12,16H,8-11H2,1-3H3. The van der Waals surface area contributed by atoms with Crippen LogP contribution in [0.15, 0.2) is 24.3 Å². The summed E-state index contributed by atoms with van der Waals surface area (Å²) >= 11 is 0. The van der Waals surface area contributed by atoms with Gasteiger partial charge in [-0.25, -0.2) is 4.79 Å². The van der Waals surface area contributed by atoms with Crippen molar-refractivity contribution in [3.8, 4) is 0 Å². The maximum Gasteiger partial charge on any atom is 0.330 e. The first kappa shape index (κ1) is 16.7. The Morgan fingerprint density at radius 2 is 1.62 bits per heavy atom. The predicted molar refractivity (Wildman–Crippen MR) is 90.1 cm³/mol. The number of carbonyl (C=O) groups excluding carboxylic acids is 2. The van der Waals surface area contributed by atoms with Crippen molar-refractivity contribution < 1.29 is 19.1 Å². The molecule has 2 fully saturated rings. The first-order chi connectivity index (χ1) is 11.5. The number of hydrogen-bond donors (Lipinski definition) is 0. The summed E-state index contributed by atoms with van der Waals surface area (Å²) in [5.74, 6) is 0.230. The van der Waals surface area contributed by atoms with Crippen molar-refractivity contribution in [2.75, 3.05) is 50.7 Å². The fourth-order valence-electron chi connectivity index (χ4n) is 3.22. The highest BCUT2D eigenvalue weighted by Gasteiger charge is 2.34. The van der Waals surface area contributed by atoms with Crippen molar-refractivity contribution in [2.24, 2.45) is 5.92 Å². The van der Waals surface area contributed by atoms with Gasteiger partial charge < -0.3 is 14.4 Å². The van der Waals surface area contributed by atoms with Crippen LogP contribution in [0.1, 0.15) is 6.42 Å². The first-order valence-electron chi connectivity index (χ1n) is 8.03. The molecule has 2 aliphatic rings. The minimum absolute atomic E-state index is 0.134. The Morgan fingerprint density at radius 3 is 2.21 bits per heavy atom. The summed E-state index contributed by atoms with van der Waals surface area (Å²) in [5.41, 5.74) is 1.92. The fraction of sp³-hybridized carbons (Fsp3) is 0.529. The topological polar surface area (TPSA) is 62.3 Å². The molecule has 2 saturated heterocycles. The van der Waals surface area contributed by atoms with E-state index in [-0.39, 0.29) is 18.2 Å². The number of methoxy groups -OCH3 is 2. The predicted octanol–water partition coefficient (Wildman–Crippen LogP) is 1.53. The highest BCUT2D eigenvalue weighted by Crippen LogP contribution is 2.30. The summed E-state index contributed by atoms with van der Waals surface area (Å²) in [7, 11) is 4.83. The van der Waals surface area contributed by atoms with Crippen LogP contribution in [0.25, 0.3) is 0 Å². The number of urea groups is 1. The minimum Gasteiger partial charge on any atom is -0.370 e. The van der Waals surface area contributed by atoms with Crippen LogP contribution in [0.3, 0.4) is 0 Å². The van der Waals surface area contributed by atoms with Crippen LogP contribution in [0.5, 0.6) is 0 Å². The van der Waals surface area contributed by atoms with Gasteiger partial charge in [0, 0.05) is 64.6 Å². The van der Waals surface area contributed by atoms with Crippen molar-refractivity contribution in [3.05, 3.63) is 24.3 Å². The van der Waals surface area contributed by atoms with Gasteiger partial charge in [0.2, 0.25) is 5.91 Å². The summed E-state index contributed by atoms with van der Waals surface area (Å²) < 4.78 is 10.6. The normalized spacial score (nSPS) is 19.2. The number of imide groups is 1. The third-order valence-corrected chi connectivity index (χ3v) is 4.73. The number of ether oxygens (including phenoxy) is 2. The molecule has 0 spiro atoms. The molecule has 0 radical (unpaired) electrons. The molecule has 0 aliphatic carbocycles. The zero-order valence-corrected chi connectivity index (χ0v) is 14.3. The van der Waals surface area contributed by atoms with E-state index in [0.29, 0.717) is 18.9 Å². The van der Waals surface area contributed by atoms with Crippen LogP contribution in [0.2, 0.25) is 0 Å². The van der Waals surface area contributed by atoms with E-state index in [4.69, 9.17) is 9.47 Å². The Kier molecular flexibility index (Phi) is 4.73. The molecule has 0 N–H and O–H groups in total. The molecule has 130 valence electrons. The van der Waals surface area contributed by atoms with Crippen LogP contribution in [-0.4, -0.2) is 64.0 Å². The van der Waals surface area contributed by atoms with E-state index in [1.54, 1.807) is 19.1 Å². The van der Waals surface area contributed by atoms with Gasteiger partial charge in [0.1, 0.15) is 0 Å². The molecule has 7 heteroatoms. The largest absolute Gasteiger partial charge is 0.370 e. The Bertz CT molecular complexity index is 609. The third kappa shape index (κ3) is 2.97. The summed E-state index contributed by atoms with van der Waals surface area (Å²) in [5, 5.41) is 0. The average Bonchev–Trinajstić information content (AvgIpc) is 2.56. The molecule has 0 bridgehead atoms. The number of benzene rings is 1. The zero-order valence-electron chi connectivity index (χ0n) is 14.3. The molecule has 7 nitrogen and oxygen atoms in total. The van der Waals surface area contributed by atoms with Crippen molar-refractivity contribution in [2.45, 2.75) is 12.7 Å². The smallest absolute Gasteiger partial charge is 0.330 e. The molecule has 0 saturated carbocycles. The molecule has 0 atom stereocenters. The molecule has 2 aliphatic heterocycles. The lowest BCUT2D eigenvalue weighted by Gasteiger charge is -2.43. The Hall–Kier alpha value is -2.12. The van der Waals surface area contributed by atoms with Crippen LogP contribution in [-0.2, 0) is 14.3 Å². The lowest BCUT2D eigenvalue weighted by molar-refractivity contribution is -0.142. The van der Waals surface area contributed by atoms with Gasteiger partial charge >= 0.3 is 6.03 Å². The van der Waals surface area contributed by atoms with E-state index in [0.717, 1.165) is 24.5 Å². The lowest BCUT2D eigenvalue weighted by atomic mass is 9.98. The van der Waals surface area contributed by atoms with Crippen LogP contribution >= 0.6 is 0 Å². The Balaban J connectivity index is 1.63. The van der Waals surface area contributed by atoms with E-state index in [2.05, 4.69) is 4.90 Å². The molecule has 1 aromatic rings. The number of nitrogens with zero attached hydrogens (tertiary/aromatic N) is 3. The van der Waals surface area contributed by atoms with Gasteiger partial charge in [-0.15, -0.1) is 0 Å². The quantitative estimate of drug-likeness (QED) is 0.765. The summed E-state index contributed by atoms with van der Waals surface area (Å²) in [6.07, 6.45) is 0.187. The molecular weight excluding hydrogens is 310 g/mol. The van der Waals surface area contributed by atoms with E-state index in [9.17, 15) is 9.59 Å². The van der Waals surface area contributed by atoms with Gasteiger partial charge in [-0.05, 0) is 24.3 Å². The molecule has 3 amide bonds. The monoisotopic (exact) mass is 333 g/mol. The molecule has 3 rings (SSSR count). The van der Waals surface area contributed by atoms with Crippen molar-refractivity contribution in [1.29, 1.82) is 0 Å². The van der Waals surface area contributed by atoms with E-state index < -0.39 is 0 Å². The molecule has 24 heavy (non-hydrogen) atoms. The first-order valence-corrected chi connectivity index (χ1v) is 8.03. The summed E-state index contributed by atoms with van der Waals surface area (Å²) in [4.78, 5) is 28.8. The van der Waals surface area contributed by atoms with E-state index in [1.165, 1.54) is 11.9 Å². The molecular formula is C17H23N3O4. The van der Waals surface area contributed by atoms with Crippen LogP contribution in [0, 0.1) is 5.92 Å². The highest BCUT2D eigenvalue weighted by atomic mass is 16.7. The van der Waals surface area contributed by atoms with Gasteiger partial charge in [0.05, 0.1) is 0 Å². The number of amides is 3. The van der Waals surface area contributed by atoms with E-state index >= 15 is 0 Å². The summed E-state index contributed by atoms with van der Waals surface area (Å²) in [6, 6.07) is 7.59. The van der Waals surface area contributed by atoms with Gasteiger partial charge in [-0.2, -0.15) is 0 Å². The molecule has 2 heterocycles. The lowest BCUT2D eigenvalue weighted by Crippen LogP contribution is -2.53. The number of anilines is 2. The maximum atomic E-state index is 12.2. The minimum atomic E-state index is -0.272. The second-order valence-corrected chi connectivity index (χ2v) is 6.16. The van der Waals surface area contributed by atoms with Gasteiger partial charge in [-0.1, -0.05) is 0 Å². The van der Waals surface area contributed by atoms with Crippen molar-refractivity contribution in [3.63, 3.8) is 0 Å². The Morgan fingerprint density at radius 1 is 1.04 bits per heavy atom. The van der Waals surface area contributed by atoms with Crippen LogP contribution < -0.4 is 9.80 Å². The molecule has 0 unspecified atom stereocenters. The van der Waals surface area contributed by atoms with E-state index in [1.807, 2.05) is 24.3 Å². The summed E-state index contributed by atoms with van der Waals surface area (Å²) in [6.45, 7) is 2.19. The van der Waals surface area contributed by atoms with Crippen LogP contribution in [0.4, 0.5) is 16.2 Å². The van der Waals surface area contributed by atoms with Gasteiger partial charge in [-0.3, -0.25) is 14.6 Å². The number of hydrogen-bond acceptors (Lipinski definition) is 5. The highest BCUT2D eigenvalue weighted by molar-refractivity contribution is 6.05. The molecule has 0 aromatic heterocycles. The third-order valence-electron chi connectivity index (χ3n) is 4.73. The second-order valence-electron chi connectivity index (χ2n) is 6.16.